The fourth-order valence-corrected chi connectivity index (χ4v) is 4.13. The third-order valence-corrected chi connectivity index (χ3v) is 5.45. The summed E-state index contributed by atoms with van der Waals surface area (Å²) in [5, 5.41) is 0. The summed E-state index contributed by atoms with van der Waals surface area (Å²) in [5.74, 6) is 0.339. The van der Waals surface area contributed by atoms with Crippen LogP contribution in [0.4, 0.5) is 5.69 Å². The van der Waals surface area contributed by atoms with Gasteiger partial charge in [0.15, 0.2) is 0 Å². The van der Waals surface area contributed by atoms with Gasteiger partial charge in [-0.05, 0) is 38.0 Å². The van der Waals surface area contributed by atoms with Crippen LogP contribution in [0, 0.1) is 0 Å². The number of methoxy groups -OCH3 is 1. The number of sulfonamides is 1. The molecule has 0 amide bonds. The SMILES string of the molecule is CCOc1ccc(N)cc1S(=O)(=O)N1CCCC(OC)C1. The van der Waals surface area contributed by atoms with E-state index in [0.29, 0.717) is 31.1 Å². The van der Waals surface area contributed by atoms with Crippen LogP contribution >= 0.6 is 0 Å². The summed E-state index contributed by atoms with van der Waals surface area (Å²) in [5.41, 5.74) is 6.14. The van der Waals surface area contributed by atoms with Crippen LogP contribution in [0.5, 0.6) is 5.75 Å². The predicted octanol–water partition coefficient (Wildman–Crippen LogP) is 1.47. The first kappa shape index (κ1) is 16.1. The minimum absolute atomic E-state index is 0.0647. The minimum atomic E-state index is -3.63. The number of piperidine rings is 1. The van der Waals surface area contributed by atoms with Crippen LogP contribution in [-0.4, -0.2) is 45.6 Å². The van der Waals surface area contributed by atoms with E-state index in [2.05, 4.69) is 0 Å². The van der Waals surface area contributed by atoms with Gasteiger partial charge in [-0.3, -0.25) is 0 Å². The van der Waals surface area contributed by atoms with Crippen LogP contribution < -0.4 is 10.5 Å². The van der Waals surface area contributed by atoms with E-state index >= 15 is 0 Å². The average molecular weight is 314 g/mol. The van der Waals surface area contributed by atoms with Crippen LogP contribution in [-0.2, 0) is 14.8 Å². The maximum atomic E-state index is 12.8. The zero-order valence-electron chi connectivity index (χ0n) is 12.4. The molecule has 118 valence electrons. The first-order valence-corrected chi connectivity index (χ1v) is 8.48. The maximum absolute atomic E-state index is 12.8. The molecule has 1 aliphatic rings. The highest BCUT2D eigenvalue weighted by molar-refractivity contribution is 7.89. The van der Waals surface area contributed by atoms with Gasteiger partial charge in [-0.1, -0.05) is 0 Å². The Bertz CT molecular complexity index is 589. The molecule has 0 radical (unpaired) electrons. The third kappa shape index (κ3) is 3.48. The molecule has 1 atom stereocenters. The summed E-state index contributed by atoms with van der Waals surface area (Å²) < 4.78 is 37.8. The number of hydrogen-bond acceptors (Lipinski definition) is 5. The summed E-state index contributed by atoms with van der Waals surface area (Å²) in [6.45, 7) is 3.06. The molecule has 2 N–H and O–H groups in total. The second-order valence-corrected chi connectivity index (χ2v) is 6.91. The van der Waals surface area contributed by atoms with Crippen LogP contribution in [0.2, 0.25) is 0 Å². The first-order valence-electron chi connectivity index (χ1n) is 7.04. The van der Waals surface area contributed by atoms with Crippen LogP contribution in [0.3, 0.4) is 0 Å². The van der Waals surface area contributed by atoms with Crippen molar-refractivity contribution in [2.45, 2.75) is 30.8 Å². The maximum Gasteiger partial charge on any atom is 0.246 e. The molecule has 0 bridgehead atoms. The molecule has 1 aromatic carbocycles. The fourth-order valence-electron chi connectivity index (χ4n) is 2.46. The molecular weight excluding hydrogens is 292 g/mol. The van der Waals surface area contributed by atoms with Gasteiger partial charge in [-0.2, -0.15) is 4.31 Å². The Morgan fingerprint density at radius 1 is 1.43 bits per heavy atom. The van der Waals surface area contributed by atoms with Crippen LogP contribution in [0.15, 0.2) is 23.1 Å². The second kappa shape index (κ2) is 6.64. The van der Waals surface area contributed by atoms with Crippen molar-refractivity contribution in [3.05, 3.63) is 18.2 Å². The second-order valence-electron chi connectivity index (χ2n) is 5.00. The highest BCUT2D eigenvalue weighted by Gasteiger charge is 2.32. The van der Waals surface area contributed by atoms with E-state index in [1.54, 1.807) is 19.2 Å². The Morgan fingerprint density at radius 3 is 2.86 bits per heavy atom. The zero-order chi connectivity index (χ0) is 15.5. The average Bonchev–Trinajstić information content (AvgIpc) is 2.49. The number of nitrogens with zero attached hydrogens (tertiary/aromatic N) is 1. The van der Waals surface area contributed by atoms with E-state index in [9.17, 15) is 8.42 Å². The molecule has 1 fully saturated rings. The molecule has 0 spiro atoms. The quantitative estimate of drug-likeness (QED) is 0.832. The molecule has 1 heterocycles. The van der Waals surface area contributed by atoms with Crippen LogP contribution in [0.1, 0.15) is 19.8 Å². The lowest BCUT2D eigenvalue weighted by molar-refractivity contribution is 0.0571. The summed E-state index contributed by atoms with van der Waals surface area (Å²) in [7, 11) is -2.03. The topological polar surface area (TPSA) is 81.9 Å². The number of hydrogen-bond donors (Lipinski definition) is 1. The van der Waals surface area contributed by atoms with Crippen molar-refractivity contribution in [1.29, 1.82) is 0 Å². The van der Waals surface area contributed by atoms with E-state index in [-0.39, 0.29) is 11.0 Å². The standard InChI is InChI=1S/C14H22N2O4S/c1-3-20-13-7-6-11(15)9-14(13)21(17,18)16-8-4-5-12(10-16)19-2/h6-7,9,12H,3-5,8,10,15H2,1-2H3. The van der Waals surface area contributed by atoms with Crippen LogP contribution in [0.25, 0.3) is 0 Å². The highest BCUT2D eigenvalue weighted by Crippen LogP contribution is 2.30. The molecule has 0 aliphatic carbocycles. The number of nitrogens with two attached hydrogens (primary N) is 1. The molecule has 7 heteroatoms. The summed E-state index contributed by atoms with van der Waals surface area (Å²) in [4.78, 5) is 0.126. The van der Waals surface area contributed by atoms with E-state index in [4.69, 9.17) is 15.2 Å². The monoisotopic (exact) mass is 314 g/mol. The molecule has 6 nitrogen and oxygen atoms in total. The van der Waals surface area contributed by atoms with Gasteiger partial charge in [0, 0.05) is 25.9 Å². The molecule has 2 rings (SSSR count). The predicted molar refractivity (Wildman–Crippen MR) is 80.8 cm³/mol. The molecule has 0 aromatic heterocycles. The highest BCUT2D eigenvalue weighted by atomic mass is 32.2. The number of nitrogen functional groups attached to an aromatic ring is 1. The smallest absolute Gasteiger partial charge is 0.246 e. The molecule has 1 unspecified atom stereocenters. The minimum Gasteiger partial charge on any atom is -0.492 e. The van der Waals surface area contributed by atoms with Crippen molar-refractivity contribution in [2.75, 3.05) is 32.5 Å². The molecule has 1 aromatic rings. The van der Waals surface area contributed by atoms with Gasteiger partial charge in [0.1, 0.15) is 10.6 Å². The number of anilines is 1. The molecular formula is C14H22N2O4S. The Labute approximate surface area is 125 Å². The molecule has 1 saturated heterocycles. The van der Waals surface area contributed by atoms with Crippen molar-refractivity contribution in [3.63, 3.8) is 0 Å². The lowest BCUT2D eigenvalue weighted by Gasteiger charge is -2.31. The fraction of sp³-hybridized carbons (Fsp3) is 0.571. The van der Waals surface area contributed by atoms with E-state index in [1.807, 2.05) is 6.92 Å². The van der Waals surface area contributed by atoms with Crippen molar-refractivity contribution < 1.29 is 17.9 Å². The van der Waals surface area contributed by atoms with E-state index in [1.165, 1.54) is 10.4 Å². The molecule has 1 aliphatic heterocycles. The van der Waals surface area contributed by atoms with Crippen molar-refractivity contribution >= 4 is 15.7 Å². The lowest BCUT2D eigenvalue weighted by Crippen LogP contribution is -2.42. The van der Waals surface area contributed by atoms with Gasteiger partial charge in [-0.15, -0.1) is 0 Å². The van der Waals surface area contributed by atoms with E-state index < -0.39 is 10.0 Å². The first-order chi connectivity index (χ1) is 9.98. The summed E-state index contributed by atoms with van der Waals surface area (Å²) in [6.07, 6.45) is 1.59. The largest absolute Gasteiger partial charge is 0.492 e. The lowest BCUT2D eigenvalue weighted by atomic mass is 10.1. The van der Waals surface area contributed by atoms with Gasteiger partial charge < -0.3 is 15.2 Å². The molecule has 0 saturated carbocycles. The van der Waals surface area contributed by atoms with Gasteiger partial charge in [0.25, 0.3) is 0 Å². The molecule has 21 heavy (non-hydrogen) atoms. The number of benzene rings is 1. The van der Waals surface area contributed by atoms with Crippen molar-refractivity contribution in [1.82, 2.24) is 4.31 Å². The third-order valence-electron chi connectivity index (χ3n) is 3.56. The Hall–Kier alpha value is -1.31. The zero-order valence-corrected chi connectivity index (χ0v) is 13.2. The number of ether oxygens (including phenoxy) is 2. The van der Waals surface area contributed by atoms with Gasteiger partial charge in [-0.25, -0.2) is 8.42 Å². The normalized spacial score (nSPS) is 20.4. The van der Waals surface area contributed by atoms with Gasteiger partial charge >= 0.3 is 0 Å². The summed E-state index contributed by atoms with van der Waals surface area (Å²) >= 11 is 0. The Kier molecular flexibility index (Phi) is 5.08. The van der Waals surface area contributed by atoms with E-state index in [0.717, 1.165) is 12.8 Å². The van der Waals surface area contributed by atoms with Crippen molar-refractivity contribution in [2.24, 2.45) is 0 Å². The summed E-state index contributed by atoms with van der Waals surface area (Å²) in [6, 6.07) is 4.69. The number of rotatable bonds is 5. The van der Waals surface area contributed by atoms with Crippen molar-refractivity contribution in [3.8, 4) is 5.75 Å². The Morgan fingerprint density at radius 2 is 2.19 bits per heavy atom. The Balaban J connectivity index is 2.36. The van der Waals surface area contributed by atoms with Gasteiger partial charge in [0.05, 0.1) is 12.7 Å². The van der Waals surface area contributed by atoms with Gasteiger partial charge in [0.2, 0.25) is 10.0 Å².